The van der Waals surface area contributed by atoms with E-state index in [1.165, 1.54) is 4.90 Å². The summed E-state index contributed by atoms with van der Waals surface area (Å²) >= 11 is 6.96. The first kappa shape index (κ1) is 36.3. The predicted molar refractivity (Wildman–Crippen MR) is 190 cm³/mol. The van der Waals surface area contributed by atoms with E-state index in [1.807, 2.05) is 39.8 Å². The Kier molecular flexibility index (Phi) is 10.7. The SMILES string of the molecule is CC[C@@]12CC[C@@H](c3ccc(OC)cc3Cl)[C@H](c3ccc(O[Si](C(C)C)(C(C)C)C(C)C)cc3)[C@@H]1[C@H](C)N(C(=O)OC(C)(C)C)C2=O. The van der Waals surface area contributed by atoms with Gasteiger partial charge in [0, 0.05) is 17.0 Å². The van der Waals surface area contributed by atoms with Crippen LogP contribution in [-0.4, -0.2) is 44.0 Å². The number of amides is 2. The largest absolute Gasteiger partial charge is 0.543 e. The first-order chi connectivity index (χ1) is 21.4. The van der Waals surface area contributed by atoms with E-state index < -0.39 is 25.4 Å². The molecule has 254 valence electrons. The average Bonchev–Trinajstić information content (AvgIpc) is 3.20. The first-order valence-electron chi connectivity index (χ1n) is 17.1. The fourth-order valence-electron chi connectivity index (χ4n) is 9.11. The highest BCUT2D eigenvalue weighted by molar-refractivity contribution is 6.78. The number of benzene rings is 2. The van der Waals surface area contributed by atoms with Gasteiger partial charge in [0.25, 0.3) is 8.32 Å². The summed E-state index contributed by atoms with van der Waals surface area (Å²) in [6, 6.07) is 14.1. The molecular weight excluding hydrogens is 614 g/mol. The molecule has 0 N–H and O–H groups in total. The molecule has 1 heterocycles. The van der Waals surface area contributed by atoms with Crippen LogP contribution < -0.4 is 9.16 Å². The van der Waals surface area contributed by atoms with Crippen molar-refractivity contribution in [3.63, 3.8) is 0 Å². The second-order valence-corrected chi connectivity index (χ2v) is 21.3. The predicted octanol–water partition coefficient (Wildman–Crippen LogP) is 10.7. The Morgan fingerprint density at radius 2 is 1.57 bits per heavy atom. The first-order valence-corrected chi connectivity index (χ1v) is 19.7. The van der Waals surface area contributed by atoms with Crippen LogP contribution in [0.5, 0.6) is 11.5 Å². The zero-order chi connectivity index (χ0) is 34.4. The molecule has 1 aliphatic heterocycles. The van der Waals surface area contributed by atoms with Crippen LogP contribution in [0, 0.1) is 11.3 Å². The van der Waals surface area contributed by atoms with Crippen LogP contribution in [0.15, 0.2) is 42.5 Å². The summed E-state index contributed by atoms with van der Waals surface area (Å²) in [5.41, 5.74) is 2.16. The van der Waals surface area contributed by atoms with E-state index in [2.05, 4.69) is 78.8 Å². The Balaban J connectivity index is 1.85. The van der Waals surface area contributed by atoms with Crippen LogP contribution in [0.4, 0.5) is 4.79 Å². The molecule has 2 aromatic rings. The van der Waals surface area contributed by atoms with Gasteiger partial charge in [0.2, 0.25) is 5.91 Å². The lowest BCUT2D eigenvalue weighted by Gasteiger charge is -2.47. The minimum absolute atomic E-state index is 0.0409. The number of carbonyl (C=O) groups is 2. The van der Waals surface area contributed by atoms with Gasteiger partial charge < -0.3 is 13.9 Å². The van der Waals surface area contributed by atoms with E-state index in [0.29, 0.717) is 40.2 Å². The van der Waals surface area contributed by atoms with Crippen molar-refractivity contribution in [1.29, 1.82) is 0 Å². The van der Waals surface area contributed by atoms with Crippen molar-refractivity contribution in [1.82, 2.24) is 4.90 Å². The van der Waals surface area contributed by atoms with Gasteiger partial charge in [-0.1, -0.05) is 78.3 Å². The number of carbonyl (C=O) groups excluding carboxylic acids is 2. The lowest BCUT2D eigenvalue weighted by molar-refractivity contribution is -0.138. The quantitative estimate of drug-likeness (QED) is 0.249. The summed E-state index contributed by atoms with van der Waals surface area (Å²) in [4.78, 5) is 29.4. The van der Waals surface area contributed by atoms with Crippen molar-refractivity contribution in [2.24, 2.45) is 11.3 Å². The van der Waals surface area contributed by atoms with Crippen LogP contribution in [-0.2, 0) is 9.53 Å². The number of hydrogen-bond acceptors (Lipinski definition) is 5. The van der Waals surface area contributed by atoms with E-state index in [-0.39, 0.29) is 29.7 Å². The highest BCUT2D eigenvalue weighted by Gasteiger charge is 2.64. The minimum Gasteiger partial charge on any atom is -0.543 e. The molecule has 1 saturated heterocycles. The van der Waals surface area contributed by atoms with Crippen LogP contribution in [0.3, 0.4) is 0 Å². The van der Waals surface area contributed by atoms with E-state index in [9.17, 15) is 9.59 Å². The third-order valence-electron chi connectivity index (χ3n) is 11.0. The molecule has 0 radical (unpaired) electrons. The van der Waals surface area contributed by atoms with Crippen molar-refractivity contribution < 1.29 is 23.5 Å². The molecule has 2 fully saturated rings. The van der Waals surface area contributed by atoms with Gasteiger partial charge in [-0.25, -0.2) is 9.69 Å². The van der Waals surface area contributed by atoms with Gasteiger partial charge in [-0.2, -0.15) is 0 Å². The number of methoxy groups -OCH3 is 1. The normalized spacial score (nSPS) is 25.3. The van der Waals surface area contributed by atoms with Gasteiger partial charge >= 0.3 is 6.09 Å². The maximum atomic E-state index is 14.4. The van der Waals surface area contributed by atoms with E-state index in [4.69, 9.17) is 25.5 Å². The summed E-state index contributed by atoms with van der Waals surface area (Å²) in [5, 5.41) is 0.654. The Morgan fingerprint density at radius 3 is 2.04 bits per heavy atom. The summed E-state index contributed by atoms with van der Waals surface area (Å²) in [6.45, 7) is 23.4. The summed E-state index contributed by atoms with van der Waals surface area (Å²) in [5.74, 6) is 1.33. The monoisotopic (exact) mass is 669 g/mol. The van der Waals surface area contributed by atoms with E-state index in [0.717, 1.165) is 23.3 Å². The van der Waals surface area contributed by atoms with Gasteiger partial charge in [-0.15, -0.1) is 0 Å². The summed E-state index contributed by atoms with van der Waals surface area (Å²) < 4.78 is 18.3. The molecule has 5 atom stereocenters. The topological polar surface area (TPSA) is 65.1 Å². The molecule has 6 nitrogen and oxygen atoms in total. The number of imide groups is 1. The highest BCUT2D eigenvalue weighted by atomic mass is 35.5. The molecule has 8 heteroatoms. The molecule has 1 aliphatic carbocycles. The Labute approximate surface area is 283 Å². The maximum Gasteiger partial charge on any atom is 0.417 e. The number of fused-ring (bicyclic) bond motifs is 1. The number of halogens is 1. The van der Waals surface area contributed by atoms with Crippen molar-refractivity contribution in [3.05, 3.63) is 58.6 Å². The third-order valence-corrected chi connectivity index (χ3v) is 17.4. The fraction of sp³-hybridized carbons (Fsp3) is 0.632. The van der Waals surface area contributed by atoms with E-state index in [1.54, 1.807) is 7.11 Å². The molecule has 2 aliphatic rings. The maximum absolute atomic E-state index is 14.4. The minimum atomic E-state index is -2.14. The van der Waals surface area contributed by atoms with Crippen LogP contribution >= 0.6 is 11.6 Å². The van der Waals surface area contributed by atoms with Crippen LogP contribution in [0.1, 0.15) is 118 Å². The summed E-state index contributed by atoms with van der Waals surface area (Å²) in [6.07, 6.45) is 1.52. The van der Waals surface area contributed by atoms with Crippen molar-refractivity contribution in [2.45, 2.75) is 136 Å². The highest BCUT2D eigenvalue weighted by Crippen LogP contribution is 2.62. The average molecular weight is 670 g/mol. The van der Waals surface area contributed by atoms with Crippen LogP contribution in [0.25, 0.3) is 0 Å². The molecule has 0 unspecified atom stereocenters. The number of rotatable bonds is 9. The van der Waals surface area contributed by atoms with Crippen molar-refractivity contribution >= 4 is 31.9 Å². The lowest BCUT2D eigenvalue weighted by Crippen LogP contribution is -2.50. The summed E-state index contributed by atoms with van der Waals surface area (Å²) in [7, 11) is -0.502. The number of nitrogens with zero attached hydrogens (tertiary/aromatic N) is 1. The number of ether oxygens (including phenoxy) is 2. The third kappa shape index (κ3) is 6.35. The molecule has 0 bridgehead atoms. The molecule has 1 saturated carbocycles. The number of likely N-dealkylation sites (tertiary alicyclic amines) is 1. The van der Waals surface area contributed by atoms with Crippen molar-refractivity contribution in [2.75, 3.05) is 7.11 Å². The molecule has 4 rings (SSSR count). The van der Waals surface area contributed by atoms with Gasteiger partial charge in [0.1, 0.15) is 17.1 Å². The standard InChI is InChI=1S/C38H56ClNO5Si/c1-13-38-21-20-31(30-19-18-29(43-12)22-32(30)39)33(34(38)26(8)40(35(38)41)36(42)44-37(9,10)11)27-14-16-28(17-15-27)45-46(23(2)3,24(4)5)25(6)7/h14-19,22-26,31,33-34H,13,20-21H2,1-12H3/t26-,31-,33-,34-,38+/m0/s1. The van der Waals surface area contributed by atoms with E-state index >= 15 is 0 Å². The zero-order valence-corrected chi connectivity index (χ0v) is 31.8. The van der Waals surface area contributed by atoms with Gasteiger partial charge in [-0.3, -0.25) is 4.79 Å². The second kappa shape index (κ2) is 13.5. The molecule has 2 amide bonds. The Morgan fingerprint density at radius 1 is 1.00 bits per heavy atom. The molecule has 0 aromatic heterocycles. The van der Waals surface area contributed by atoms with Crippen LogP contribution in [0.2, 0.25) is 21.6 Å². The molecule has 46 heavy (non-hydrogen) atoms. The Hall–Kier alpha value is -2.51. The molecule has 2 aromatic carbocycles. The lowest BCUT2D eigenvalue weighted by atomic mass is 9.54. The van der Waals surface area contributed by atoms with Gasteiger partial charge in [0.15, 0.2) is 0 Å². The fourth-order valence-corrected chi connectivity index (χ4v) is 14.7. The van der Waals surface area contributed by atoms with Gasteiger partial charge in [-0.05, 0) is 111 Å². The number of hydrogen-bond donors (Lipinski definition) is 0. The van der Waals surface area contributed by atoms with Crippen molar-refractivity contribution in [3.8, 4) is 11.5 Å². The van der Waals surface area contributed by atoms with Gasteiger partial charge in [0.05, 0.1) is 12.5 Å². The smallest absolute Gasteiger partial charge is 0.417 e. The Bertz CT molecular complexity index is 1380. The second-order valence-electron chi connectivity index (χ2n) is 15.5. The zero-order valence-electron chi connectivity index (χ0n) is 30.1. The molecule has 0 spiro atoms. The molecular formula is C38H56ClNO5Si.